The topological polar surface area (TPSA) is 48.1 Å². The molecule has 0 amide bonds. The lowest BCUT2D eigenvalue weighted by Crippen LogP contribution is -2.37. The van der Waals surface area contributed by atoms with Gasteiger partial charge in [0.05, 0.1) is 0 Å². The zero-order chi connectivity index (χ0) is 25.9. The van der Waals surface area contributed by atoms with Crippen LogP contribution in [0.5, 0.6) is 0 Å². The monoisotopic (exact) mass is 482 g/mol. The van der Waals surface area contributed by atoms with Gasteiger partial charge >= 0.3 is 0 Å². The Morgan fingerprint density at radius 1 is 1.17 bits per heavy atom. The summed E-state index contributed by atoms with van der Waals surface area (Å²) in [5.41, 5.74) is 15.1. The standard InChI is InChI=1S/C32H42N4/c1-7-29-20-28(9-8-24(29)4)21-34-36-31-18-14-27(15-19-31)11-10-26-12-16-30(17-13-26)35-32(22-33-6)25(5)23(2)3/h8-9,12-14,16-20,25,27,32-36H,2,7,15,21-22H2,1,3-6H3. The SMILES string of the molecule is C=C(C)C(C)C(CNC)Nc1ccc(C#CC2C=CC(NNCc3ccc(C)c(CC)c3)=CC2)cc1. The van der Waals surface area contributed by atoms with E-state index >= 15 is 0 Å². The molecule has 0 heterocycles. The van der Waals surface area contributed by atoms with E-state index in [0.717, 1.165) is 42.9 Å². The Balaban J connectivity index is 1.47. The third kappa shape index (κ3) is 8.16. The molecule has 0 saturated heterocycles. The third-order valence-electron chi connectivity index (χ3n) is 6.86. The highest BCUT2D eigenvalue weighted by atomic mass is 15.4. The van der Waals surface area contributed by atoms with Gasteiger partial charge in [0.25, 0.3) is 0 Å². The van der Waals surface area contributed by atoms with E-state index < -0.39 is 0 Å². The maximum atomic E-state index is 4.12. The quantitative estimate of drug-likeness (QED) is 0.184. The van der Waals surface area contributed by atoms with Crippen LogP contribution < -0.4 is 21.5 Å². The summed E-state index contributed by atoms with van der Waals surface area (Å²) in [6.45, 7) is 14.5. The highest BCUT2D eigenvalue weighted by molar-refractivity contribution is 5.49. The molecule has 2 aromatic carbocycles. The zero-order valence-electron chi connectivity index (χ0n) is 22.5. The van der Waals surface area contributed by atoms with Crippen LogP contribution in [0.15, 0.2) is 78.5 Å². The highest BCUT2D eigenvalue weighted by Gasteiger charge is 2.17. The molecule has 3 unspecified atom stereocenters. The molecule has 36 heavy (non-hydrogen) atoms. The molecule has 2 aromatic rings. The lowest BCUT2D eigenvalue weighted by Gasteiger charge is -2.26. The predicted octanol–water partition coefficient (Wildman–Crippen LogP) is 5.88. The number of allylic oxidation sites excluding steroid dienone is 3. The van der Waals surface area contributed by atoms with Crippen molar-refractivity contribution in [2.75, 3.05) is 18.9 Å². The van der Waals surface area contributed by atoms with Crippen molar-refractivity contribution in [2.24, 2.45) is 11.8 Å². The van der Waals surface area contributed by atoms with Crippen LogP contribution in [0.25, 0.3) is 0 Å². The second-order valence-corrected chi connectivity index (χ2v) is 9.74. The van der Waals surface area contributed by atoms with E-state index in [1.807, 2.05) is 7.05 Å². The van der Waals surface area contributed by atoms with Gasteiger partial charge in [-0.2, -0.15) is 0 Å². The van der Waals surface area contributed by atoms with Crippen molar-refractivity contribution in [1.29, 1.82) is 0 Å². The summed E-state index contributed by atoms with van der Waals surface area (Å²) in [6, 6.07) is 15.4. The lowest BCUT2D eigenvalue weighted by molar-refractivity contribution is 0.524. The van der Waals surface area contributed by atoms with Crippen molar-refractivity contribution < 1.29 is 0 Å². The summed E-state index contributed by atoms with van der Waals surface area (Å²) < 4.78 is 0. The number of nitrogens with one attached hydrogen (secondary N) is 4. The Hall–Kier alpha value is -3.26. The molecule has 0 radical (unpaired) electrons. The number of hydrazine groups is 1. The maximum Gasteiger partial charge on any atom is 0.0448 e. The minimum absolute atomic E-state index is 0.231. The minimum Gasteiger partial charge on any atom is -0.380 e. The van der Waals surface area contributed by atoms with Gasteiger partial charge in [-0.05, 0) is 86.7 Å². The van der Waals surface area contributed by atoms with Crippen molar-refractivity contribution >= 4 is 5.69 Å². The van der Waals surface area contributed by atoms with Gasteiger partial charge in [0, 0.05) is 42.0 Å². The molecule has 3 rings (SSSR count). The first kappa shape index (κ1) is 27.3. The molecule has 0 fully saturated rings. The smallest absolute Gasteiger partial charge is 0.0448 e. The van der Waals surface area contributed by atoms with Gasteiger partial charge in [-0.25, -0.2) is 5.43 Å². The second kappa shape index (κ2) is 13.7. The fourth-order valence-electron chi connectivity index (χ4n) is 4.24. The summed E-state index contributed by atoms with van der Waals surface area (Å²) in [4.78, 5) is 0. The molecular weight excluding hydrogens is 440 g/mol. The average molecular weight is 483 g/mol. The minimum atomic E-state index is 0.231. The molecule has 3 atom stereocenters. The highest BCUT2D eigenvalue weighted by Crippen LogP contribution is 2.19. The zero-order valence-corrected chi connectivity index (χ0v) is 22.5. The number of rotatable bonds is 11. The van der Waals surface area contributed by atoms with Gasteiger partial charge in [0.2, 0.25) is 0 Å². The van der Waals surface area contributed by atoms with Gasteiger partial charge in [-0.15, -0.1) is 0 Å². The first-order valence-electron chi connectivity index (χ1n) is 13.0. The predicted molar refractivity (Wildman–Crippen MR) is 154 cm³/mol. The molecule has 4 nitrogen and oxygen atoms in total. The van der Waals surface area contributed by atoms with Crippen molar-refractivity contribution in [3.8, 4) is 11.8 Å². The van der Waals surface area contributed by atoms with Crippen molar-refractivity contribution in [3.05, 3.63) is 101 Å². The first-order valence-corrected chi connectivity index (χ1v) is 13.0. The molecule has 0 bridgehead atoms. The Morgan fingerprint density at radius 2 is 1.94 bits per heavy atom. The molecule has 0 spiro atoms. The van der Waals surface area contributed by atoms with E-state index in [-0.39, 0.29) is 5.92 Å². The Labute approximate surface area is 218 Å². The summed E-state index contributed by atoms with van der Waals surface area (Å²) in [5, 5.41) is 6.90. The Morgan fingerprint density at radius 3 is 2.58 bits per heavy atom. The molecule has 0 aromatic heterocycles. The van der Waals surface area contributed by atoms with Gasteiger partial charge < -0.3 is 16.1 Å². The number of hydrogen-bond donors (Lipinski definition) is 4. The van der Waals surface area contributed by atoms with Crippen LogP contribution in [0.2, 0.25) is 0 Å². The van der Waals surface area contributed by atoms with Gasteiger partial charge in [0.1, 0.15) is 0 Å². The average Bonchev–Trinajstić information content (AvgIpc) is 2.89. The number of hydrogen-bond acceptors (Lipinski definition) is 4. The molecule has 0 saturated carbocycles. The van der Waals surface area contributed by atoms with Crippen LogP contribution in [0, 0.1) is 30.6 Å². The Bertz CT molecular complexity index is 1130. The van der Waals surface area contributed by atoms with Crippen LogP contribution >= 0.6 is 0 Å². The number of aryl methyl sites for hydroxylation is 2. The lowest BCUT2D eigenvalue weighted by atomic mass is 9.95. The molecule has 190 valence electrons. The maximum absolute atomic E-state index is 4.12. The van der Waals surface area contributed by atoms with Gasteiger partial charge in [-0.3, -0.25) is 0 Å². The van der Waals surface area contributed by atoms with Crippen LogP contribution in [0.1, 0.15) is 49.4 Å². The molecule has 0 aliphatic heterocycles. The van der Waals surface area contributed by atoms with Crippen LogP contribution in [-0.4, -0.2) is 19.6 Å². The van der Waals surface area contributed by atoms with Crippen LogP contribution in [-0.2, 0) is 13.0 Å². The molecule has 1 aliphatic carbocycles. The number of benzene rings is 2. The van der Waals surface area contributed by atoms with E-state index in [2.05, 4.69) is 128 Å². The van der Waals surface area contributed by atoms with Gasteiger partial charge in [0.15, 0.2) is 0 Å². The molecule has 4 heteroatoms. The number of anilines is 1. The summed E-state index contributed by atoms with van der Waals surface area (Å²) >= 11 is 0. The van der Waals surface area contributed by atoms with E-state index in [0.29, 0.717) is 12.0 Å². The molecule has 1 aliphatic rings. The van der Waals surface area contributed by atoms with Crippen LogP contribution in [0.4, 0.5) is 5.69 Å². The van der Waals surface area contributed by atoms with E-state index in [9.17, 15) is 0 Å². The summed E-state index contributed by atoms with van der Waals surface area (Å²) in [6.07, 6.45) is 8.46. The largest absolute Gasteiger partial charge is 0.380 e. The van der Waals surface area contributed by atoms with E-state index in [4.69, 9.17) is 0 Å². The summed E-state index contributed by atoms with van der Waals surface area (Å²) in [7, 11) is 1.98. The summed E-state index contributed by atoms with van der Waals surface area (Å²) in [5.74, 6) is 7.35. The normalized spacial score (nSPS) is 16.4. The van der Waals surface area contributed by atoms with E-state index in [1.165, 1.54) is 22.3 Å². The fraction of sp³-hybridized carbons (Fsp3) is 0.375. The fourth-order valence-corrected chi connectivity index (χ4v) is 4.24. The van der Waals surface area contributed by atoms with E-state index in [1.54, 1.807) is 0 Å². The molecule has 4 N–H and O–H groups in total. The van der Waals surface area contributed by atoms with Crippen molar-refractivity contribution in [2.45, 2.75) is 53.1 Å². The van der Waals surface area contributed by atoms with Gasteiger partial charge in [-0.1, -0.05) is 68.2 Å². The van der Waals surface area contributed by atoms with Crippen molar-refractivity contribution in [3.63, 3.8) is 0 Å². The third-order valence-corrected chi connectivity index (χ3v) is 6.86. The number of likely N-dealkylation sites (N-methyl/N-ethyl adjacent to an activating group) is 1. The van der Waals surface area contributed by atoms with Crippen molar-refractivity contribution in [1.82, 2.24) is 16.2 Å². The van der Waals surface area contributed by atoms with Crippen LogP contribution in [0.3, 0.4) is 0 Å². The Kier molecular flexibility index (Phi) is 10.4. The second-order valence-electron chi connectivity index (χ2n) is 9.74. The first-order chi connectivity index (χ1) is 17.4. The molecular formula is C32H42N4.